The second-order valence-electron chi connectivity index (χ2n) is 7.09. The Balaban J connectivity index is 2.21. The highest BCUT2D eigenvalue weighted by molar-refractivity contribution is 5.85. The Labute approximate surface area is 129 Å². The zero-order valence-corrected chi connectivity index (χ0v) is 13.7. The van der Waals surface area contributed by atoms with E-state index < -0.39 is 5.41 Å². The van der Waals surface area contributed by atoms with Gasteiger partial charge in [-0.3, -0.25) is 4.79 Å². The molecule has 21 heavy (non-hydrogen) atoms. The molecule has 2 aliphatic carbocycles. The van der Waals surface area contributed by atoms with E-state index in [0.29, 0.717) is 18.5 Å². The van der Waals surface area contributed by atoms with Gasteiger partial charge in [-0.05, 0) is 39.0 Å². The van der Waals surface area contributed by atoms with Gasteiger partial charge in [-0.2, -0.15) is 5.26 Å². The first kappa shape index (κ1) is 16.3. The van der Waals surface area contributed by atoms with Gasteiger partial charge in [0.2, 0.25) is 5.91 Å². The Morgan fingerprint density at radius 2 is 1.48 bits per heavy atom. The minimum Gasteiger partial charge on any atom is -0.335 e. The summed E-state index contributed by atoms with van der Waals surface area (Å²) in [6.45, 7) is 3.79. The maximum absolute atomic E-state index is 13.1. The summed E-state index contributed by atoms with van der Waals surface area (Å²) in [6, 6.07) is 3.06. The summed E-state index contributed by atoms with van der Waals surface area (Å²) < 4.78 is 0. The summed E-state index contributed by atoms with van der Waals surface area (Å²) in [7, 11) is 0. The smallest absolute Gasteiger partial charge is 0.243 e. The molecule has 0 aliphatic heterocycles. The molecule has 0 saturated heterocycles. The van der Waals surface area contributed by atoms with Gasteiger partial charge in [0.1, 0.15) is 5.41 Å². The number of hydrogen-bond donors (Lipinski definition) is 0. The van der Waals surface area contributed by atoms with Crippen molar-refractivity contribution in [3.8, 4) is 6.07 Å². The third-order valence-corrected chi connectivity index (χ3v) is 5.60. The molecule has 0 aromatic carbocycles. The highest BCUT2D eigenvalue weighted by Gasteiger charge is 2.41. The number of hydrogen-bond acceptors (Lipinski definition) is 2. The van der Waals surface area contributed by atoms with Crippen molar-refractivity contribution in [3.63, 3.8) is 0 Å². The van der Waals surface area contributed by atoms with Crippen molar-refractivity contribution in [1.29, 1.82) is 5.26 Å². The molecular formula is C18H30N2O. The van der Waals surface area contributed by atoms with E-state index in [2.05, 4.69) is 11.0 Å². The lowest BCUT2D eigenvalue weighted by Crippen LogP contribution is -2.53. The zero-order chi connectivity index (χ0) is 15.3. The molecule has 3 nitrogen and oxygen atoms in total. The van der Waals surface area contributed by atoms with E-state index in [1.807, 2.05) is 13.8 Å². The van der Waals surface area contributed by atoms with Crippen molar-refractivity contribution in [1.82, 2.24) is 4.90 Å². The molecule has 2 saturated carbocycles. The topological polar surface area (TPSA) is 44.1 Å². The number of amides is 1. The lowest BCUT2D eigenvalue weighted by molar-refractivity contribution is -0.145. The Morgan fingerprint density at radius 3 is 1.81 bits per heavy atom. The maximum atomic E-state index is 13.1. The highest BCUT2D eigenvalue weighted by Crippen LogP contribution is 2.34. The summed E-state index contributed by atoms with van der Waals surface area (Å²) in [6.07, 6.45) is 12.7. The molecule has 2 rings (SSSR count). The predicted molar refractivity (Wildman–Crippen MR) is 84.6 cm³/mol. The van der Waals surface area contributed by atoms with Crippen LogP contribution in [-0.2, 0) is 4.79 Å². The van der Waals surface area contributed by atoms with Crippen LogP contribution in [0.4, 0.5) is 0 Å². The summed E-state index contributed by atoms with van der Waals surface area (Å²) >= 11 is 0. The van der Waals surface area contributed by atoms with E-state index in [1.54, 1.807) is 0 Å². The average molecular weight is 290 g/mol. The molecule has 0 aromatic heterocycles. The monoisotopic (exact) mass is 290 g/mol. The van der Waals surface area contributed by atoms with Gasteiger partial charge in [-0.1, -0.05) is 45.4 Å². The van der Waals surface area contributed by atoms with Crippen molar-refractivity contribution >= 4 is 5.91 Å². The van der Waals surface area contributed by atoms with Gasteiger partial charge in [0.05, 0.1) is 6.07 Å². The molecule has 0 aromatic rings. The Kier molecular flexibility index (Phi) is 5.67. The number of nitrogens with zero attached hydrogens (tertiary/aromatic N) is 2. The van der Waals surface area contributed by atoms with Crippen molar-refractivity contribution in [2.24, 2.45) is 5.41 Å². The quantitative estimate of drug-likeness (QED) is 0.769. The molecule has 2 aliphatic rings. The maximum Gasteiger partial charge on any atom is 0.243 e. The SMILES string of the molecule is CCC(C)(C#N)C(=O)N(C1CCCCC1)C1CCCCC1. The standard InChI is InChI=1S/C18H30N2O/c1-3-18(2,14-19)17(21)20(15-10-6-4-7-11-15)16-12-8-5-9-13-16/h15-16H,3-13H2,1-2H3. The number of carbonyl (C=O) groups excluding carboxylic acids is 1. The van der Waals surface area contributed by atoms with Crippen LogP contribution >= 0.6 is 0 Å². The van der Waals surface area contributed by atoms with Crippen molar-refractivity contribution in [2.75, 3.05) is 0 Å². The zero-order valence-electron chi connectivity index (χ0n) is 13.7. The lowest BCUT2D eigenvalue weighted by atomic mass is 9.82. The molecule has 1 atom stereocenters. The summed E-state index contributed by atoms with van der Waals surface area (Å²) in [5.41, 5.74) is -0.838. The van der Waals surface area contributed by atoms with Crippen LogP contribution in [0.1, 0.15) is 84.5 Å². The number of rotatable bonds is 4. The number of carbonyl (C=O) groups is 1. The Morgan fingerprint density at radius 1 is 1.05 bits per heavy atom. The lowest BCUT2D eigenvalue weighted by Gasteiger charge is -2.44. The van der Waals surface area contributed by atoms with E-state index in [0.717, 1.165) is 25.7 Å². The fourth-order valence-corrected chi connectivity index (χ4v) is 3.91. The second-order valence-corrected chi connectivity index (χ2v) is 7.09. The molecule has 118 valence electrons. The van der Waals surface area contributed by atoms with Gasteiger partial charge in [-0.25, -0.2) is 0 Å². The summed E-state index contributed by atoms with van der Waals surface area (Å²) in [5, 5.41) is 9.50. The van der Waals surface area contributed by atoms with E-state index in [-0.39, 0.29) is 5.91 Å². The normalized spacial score (nSPS) is 24.0. The van der Waals surface area contributed by atoms with Gasteiger partial charge in [-0.15, -0.1) is 0 Å². The first-order valence-electron chi connectivity index (χ1n) is 8.86. The average Bonchev–Trinajstić information content (AvgIpc) is 2.56. The molecule has 1 amide bonds. The van der Waals surface area contributed by atoms with Crippen LogP contribution in [0, 0.1) is 16.7 Å². The molecule has 3 heteroatoms. The molecule has 2 fully saturated rings. The summed E-state index contributed by atoms with van der Waals surface area (Å²) in [5.74, 6) is 0.103. The third-order valence-electron chi connectivity index (χ3n) is 5.60. The highest BCUT2D eigenvalue weighted by atomic mass is 16.2. The van der Waals surface area contributed by atoms with Crippen molar-refractivity contribution in [3.05, 3.63) is 0 Å². The van der Waals surface area contributed by atoms with Crippen LogP contribution < -0.4 is 0 Å². The Bertz CT molecular complexity index is 371. The number of nitriles is 1. The van der Waals surface area contributed by atoms with Crippen LogP contribution in [0.15, 0.2) is 0 Å². The van der Waals surface area contributed by atoms with Crippen LogP contribution in [-0.4, -0.2) is 22.9 Å². The van der Waals surface area contributed by atoms with E-state index in [1.165, 1.54) is 38.5 Å². The van der Waals surface area contributed by atoms with Gasteiger partial charge in [0.15, 0.2) is 0 Å². The minimum absolute atomic E-state index is 0.103. The fourth-order valence-electron chi connectivity index (χ4n) is 3.91. The second kappa shape index (κ2) is 7.29. The minimum atomic E-state index is -0.838. The summed E-state index contributed by atoms with van der Waals surface area (Å²) in [4.78, 5) is 15.3. The van der Waals surface area contributed by atoms with Crippen LogP contribution in [0.2, 0.25) is 0 Å². The van der Waals surface area contributed by atoms with Gasteiger partial charge in [0.25, 0.3) is 0 Å². The van der Waals surface area contributed by atoms with Gasteiger partial charge in [0, 0.05) is 12.1 Å². The molecule has 0 heterocycles. The van der Waals surface area contributed by atoms with Crippen LogP contribution in [0.25, 0.3) is 0 Å². The van der Waals surface area contributed by atoms with E-state index in [9.17, 15) is 10.1 Å². The Hall–Kier alpha value is -1.04. The largest absolute Gasteiger partial charge is 0.335 e. The van der Waals surface area contributed by atoms with Crippen molar-refractivity contribution in [2.45, 2.75) is 96.6 Å². The van der Waals surface area contributed by atoms with E-state index >= 15 is 0 Å². The van der Waals surface area contributed by atoms with Gasteiger partial charge < -0.3 is 4.90 Å². The first-order chi connectivity index (χ1) is 10.1. The van der Waals surface area contributed by atoms with Crippen molar-refractivity contribution < 1.29 is 4.79 Å². The molecular weight excluding hydrogens is 260 g/mol. The molecule has 0 N–H and O–H groups in total. The van der Waals surface area contributed by atoms with Crippen LogP contribution in [0.5, 0.6) is 0 Å². The predicted octanol–water partition coefficient (Wildman–Crippen LogP) is 4.42. The van der Waals surface area contributed by atoms with Gasteiger partial charge >= 0.3 is 0 Å². The third kappa shape index (κ3) is 3.59. The fraction of sp³-hybridized carbons (Fsp3) is 0.889. The van der Waals surface area contributed by atoms with Crippen LogP contribution in [0.3, 0.4) is 0 Å². The molecule has 0 spiro atoms. The van der Waals surface area contributed by atoms with E-state index in [4.69, 9.17) is 0 Å². The molecule has 1 unspecified atom stereocenters. The first-order valence-corrected chi connectivity index (χ1v) is 8.86. The molecule has 0 bridgehead atoms. The molecule has 0 radical (unpaired) electrons.